The van der Waals surface area contributed by atoms with Gasteiger partial charge in [-0.3, -0.25) is 19.5 Å². The Labute approximate surface area is 165 Å². The summed E-state index contributed by atoms with van der Waals surface area (Å²) in [4.78, 5) is 36.9. The smallest absolute Gasteiger partial charge is 0.255 e. The van der Waals surface area contributed by atoms with Crippen LogP contribution < -0.4 is 11.1 Å². The Morgan fingerprint density at radius 3 is 2.54 bits per heavy atom. The molecule has 0 aliphatic heterocycles. The third-order valence-electron chi connectivity index (χ3n) is 4.11. The Morgan fingerprint density at radius 1 is 1.11 bits per heavy atom. The maximum Gasteiger partial charge on any atom is 0.255 e. The van der Waals surface area contributed by atoms with Gasteiger partial charge in [0.15, 0.2) is 0 Å². The summed E-state index contributed by atoms with van der Waals surface area (Å²) in [6.45, 7) is 0. The number of halogens is 1. The summed E-state index contributed by atoms with van der Waals surface area (Å²) in [5.41, 5.74) is 6.50. The fourth-order valence-corrected chi connectivity index (χ4v) is 2.98. The SMILES string of the molecule is NC(=O)C[C@H](NC(=O)c1cn[nH]c1C(=O)c1ccccc1)c1cccc(Cl)c1. The van der Waals surface area contributed by atoms with Crippen LogP contribution in [0.3, 0.4) is 0 Å². The highest BCUT2D eigenvalue weighted by Crippen LogP contribution is 2.22. The normalized spacial score (nSPS) is 11.6. The minimum Gasteiger partial charge on any atom is -0.370 e. The number of hydrogen-bond donors (Lipinski definition) is 3. The van der Waals surface area contributed by atoms with E-state index in [0.717, 1.165) is 0 Å². The van der Waals surface area contributed by atoms with Gasteiger partial charge in [-0.1, -0.05) is 54.1 Å². The molecule has 7 nitrogen and oxygen atoms in total. The molecule has 0 aliphatic rings. The zero-order chi connectivity index (χ0) is 20.1. The molecule has 0 radical (unpaired) electrons. The highest BCUT2D eigenvalue weighted by atomic mass is 35.5. The van der Waals surface area contributed by atoms with E-state index in [-0.39, 0.29) is 23.5 Å². The number of aromatic amines is 1. The molecule has 0 fully saturated rings. The summed E-state index contributed by atoms with van der Waals surface area (Å²) in [6.07, 6.45) is 1.15. The summed E-state index contributed by atoms with van der Waals surface area (Å²) in [6, 6.07) is 14.6. The first kappa shape index (κ1) is 19.3. The number of nitrogens with one attached hydrogen (secondary N) is 2. The first-order chi connectivity index (χ1) is 13.5. The molecule has 8 heteroatoms. The topological polar surface area (TPSA) is 118 Å². The van der Waals surface area contributed by atoms with Crippen molar-refractivity contribution in [3.63, 3.8) is 0 Å². The summed E-state index contributed by atoms with van der Waals surface area (Å²) >= 11 is 6.01. The van der Waals surface area contributed by atoms with Crippen molar-refractivity contribution in [2.45, 2.75) is 12.5 Å². The van der Waals surface area contributed by atoms with Crippen molar-refractivity contribution in [2.75, 3.05) is 0 Å². The maximum atomic E-state index is 12.8. The minimum atomic E-state index is -0.696. The van der Waals surface area contributed by atoms with Gasteiger partial charge in [-0.2, -0.15) is 5.10 Å². The lowest BCUT2D eigenvalue weighted by Gasteiger charge is -2.18. The van der Waals surface area contributed by atoms with Crippen molar-refractivity contribution < 1.29 is 14.4 Å². The molecule has 1 atom stereocenters. The van der Waals surface area contributed by atoms with Gasteiger partial charge >= 0.3 is 0 Å². The Balaban J connectivity index is 1.86. The molecule has 142 valence electrons. The number of carbonyl (C=O) groups is 3. The van der Waals surface area contributed by atoms with E-state index in [2.05, 4.69) is 15.5 Å². The van der Waals surface area contributed by atoms with Gasteiger partial charge in [0.2, 0.25) is 11.7 Å². The fraction of sp³-hybridized carbons (Fsp3) is 0.100. The highest BCUT2D eigenvalue weighted by molar-refractivity contribution is 6.30. The number of H-pyrrole nitrogens is 1. The number of rotatable bonds is 7. The van der Waals surface area contributed by atoms with Gasteiger partial charge in [0, 0.05) is 10.6 Å². The van der Waals surface area contributed by atoms with Crippen LogP contribution in [0.1, 0.15) is 44.4 Å². The van der Waals surface area contributed by atoms with Gasteiger partial charge in [-0.15, -0.1) is 0 Å². The standard InChI is InChI=1S/C20H17ClN4O3/c21-14-8-4-7-13(9-14)16(10-17(22)26)24-20(28)15-11-23-25-18(15)19(27)12-5-2-1-3-6-12/h1-9,11,16H,10H2,(H2,22,26)(H,23,25)(H,24,28)/t16-/m0/s1. The van der Waals surface area contributed by atoms with Crippen molar-refractivity contribution >= 4 is 29.2 Å². The van der Waals surface area contributed by atoms with Gasteiger partial charge in [-0.05, 0) is 17.7 Å². The van der Waals surface area contributed by atoms with E-state index in [1.165, 1.54) is 6.20 Å². The number of nitrogens with two attached hydrogens (primary N) is 1. The van der Waals surface area contributed by atoms with Crippen LogP contribution in [0.5, 0.6) is 0 Å². The predicted octanol–water partition coefficient (Wildman–Crippen LogP) is 2.64. The average molecular weight is 397 g/mol. The van der Waals surface area contributed by atoms with Crippen molar-refractivity contribution in [3.8, 4) is 0 Å². The van der Waals surface area contributed by atoms with Gasteiger partial charge in [0.1, 0.15) is 5.69 Å². The number of nitrogens with zero attached hydrogens (tertiary/aromatic N) is 1. The lowest BCUT2D eigenvalue weighted by molar-refractivity contribution is -0.118. The molecule has 28 heavy (non-hydrogen) atoms. The highest BCUT2D eigenvalue weighted by Gasteiger charge is 2.24. The van der Waals surface area contributed by atoms with Crippen LogP contribution in [-0.4, -0.2) is 27.8 Å². The first-order valence-electron chi connectivity index (χ1n) is 8.43. The number of ketones is 1. The second-order valence-electron chi connectivity index (χ2n) is 6.11. The quantitative estimate of drug-likeness (QED) is 0.532. The molecule has 4 N–H and O–H groups in total. The van der Waals surface area contributed by atoms with E-state index < -0.39 is 17.9 Å². The minimum absolute atomic E-state index is 0.0626. The Morgan fingerprint density at radius 2 is 1.86 bits per heavy atom. The molecule has 2 aromatic carbocycles. The van der Waals surface area contributed by atoms with E-state index in [4.69, 9.17) is 17.3 Å². The van der Waals surface area contributed by atoms with Crippen molar-refractivity contribution in [1.29, 1.82) is 0 Å². The molecule has 2 amide bonds. The van der Waals surface area contributed by atoms with Crippen LogP contribution in [0.2, 0.25) is 5.02 Å². The fourth-order valence-electron chi connectivity index (χ4n) is 2.78. The summed E-state index contributed by atoms with van der Waals surface area (Å²) < 4.78 is 0. The van der Waals surface area contributed by atoms with Crippen LogP contribution in [0.4, 0.5) is 0 Å². The Hall–Kier alpha value is -3.45. The summed E-state index contributed by atoms with van der Waals surface area (Å²) in [5.74, 6) is -1.50. The number of carbonyl (C=O) groups excluding carboxylic acids is 3. The predicted molar refractivity (Wildman–Crippen MR) is 104 cm³/mol. The van der Waals surface area contributed by atoms with Crippen LogP contribution in [0, 0.1) is 0 Å². The molecule has 0 bridgehead atoms. The van der Waals surface area contributed by atoms with Crippen LogP contribution in [0.15, 0.2) is 60.8 Å². The molecule has 3 rings (SSSR count). The molecule has 1 heterocycles. The van der Waals surface area contributed by atoms with E-state index in [9.17, 15) is 14.4 Å². The largest absolute Gasteiger partial charge is 0.370 e. The van der Waals surface area contributed by atoms with E-state index >= 15 is 0 Å². The lowest BCUT2D eigenvalue weighted by atomic mass is 10.0. The molecule has 0 saturated carbocycles. The van der Waals surface area contributed by atoms with Gasteiger partial charge < -0.3 is 11.1 Å². The van der Waals surface area contributed by atoms with Crippen molar-refractivity contribution in [2.24, 2.45) is 5.73 Å². The number of primary amides is 1. The van der Waals surface area contributed by atoms with Gasteiger partial charge in [0.05, 0.1) is 24.2 Å². The zero-order valence-corrected chi connectivity index (χ0v) is 15.4. The monoisotopic (exact) mass is 396 g/mol. The average Bonchev–Trinajstić information content (AvgIpc) is 3.17. The van der Waals surface area contributed by atoms with Crippen molar-refractivity contribution in [3.05, 3.63) is 88.2 Å². The van der Waals surface area contributed by atoms with Gasteiger partial charge in [-0.25, -0.2) is 0 Å². The molecule has 0 aliphatic carbocycles. The number of aromatic nitrogens is 2. The lowest BCUT2D eigenvalue weighted by Crippen LogP contribution is -2.32. The van der Waals surface area contributed by atoms with Crippen LogP contribution >= 0.6 is 11.6 Å². The molecular weight excluding hydrogens is 380 g/mol. The molecule has 3 aromatic rings. The van der Waals surface area contributed by atoms with E-state index in [1.54, 1.807) is 54.6 Å². The third-order valence-corrected chi connectivity index (χ3v) is 4.34. The summed E-state index contributed by atoms with van der Waals surface area (Å²) in [7, 11) is 0. The zero-order valence-electron chi connectivity index (χ0n) is 14.7. The number of benzene rings is 2. The number of amides is 2. The Kier molecular flexibility index (Phi) is 5.86. The first-order valence-corrected chi connectivity index (χ1v) is 8.81. The Bertz CT molecular complexity index is 1020. The molecule has 0 spiro atoms. The van der Waals surface area contributed by atoms with Gasteiger partial charge in [0.25, 0.3) is 5.91 Å². The second-order valence-corrected chi connectivity index (χ2v) is 6.54. The third kappa shape index (κ3) is 4.44. The van der Waals surface area contributed by atoms with Crippen molar-refractivity contribution in [1.82, 2.24) is 15.5 Å². The van der Waals surface area contributed by atoms with E-state index in [1.807, 2.05) is 0 Å². The molecule has 1 aromatic heterocycles. The van der Waals surface area contributed by atoms with E-state index in [0.29, 0.717) is 16.1 Å². The van der Waals surface area contributed by atoms with Crippen LogP contribution in [0.25, 0.3) is 0 Å². The number of hydrogen-bond acceptors (Lipinski definition) is 4. The second kappa shape index (κ2) is 8.49. The molecule has 0 saturated heterocycles. The molecule has 0 unspecified atom stereocenters. The molecular formula is C20H17ClN4O3. The summed E-state index contributed by atoms with van der Waals surface area (Å²) in [5, 5.41) is 9.59. The maximum absolute atomic E-state index is 12.8. The van der Waals surface area contributed by atoms with Crippen LogP contribution in [-0.2, 0) is 4.79 Å².